The lowest BCUT2D eigenvalue weighted by molar-refractivity contribution is 0.0950. The van der Waals surface area contributed by atoms with Crippen LogP contribution in [0.3, 0.4) is 0 Å². The summed E-state index contributed by atoms with van der Waals surface area (Å²) in [6.45, 7) is 0.680. The number of ether oxygens (including phenoxy) is 1. The quantitative estimate of drug-likeness (QED) is 0.320. The number of rotatable bonds is 9. The van der Waals surface area contributed by atoms with Gasteiger partial charge in [0, 0.05) is 22.7 Å². The van der Waals surface area contributed by atoms with Crippen molar-refractivity contribution in [1.82, 2.24) is 15.5 Å². The molecule has 1 heterocycles. The first-order valence-corrected chi connectivity index (χ1v) is 12.5. The number of hydrogen-bond acceptors (Lipinski definition) is 7. The minimum absolute atomic E-state index is 0.181. The van der Waals surface area contributed by atoms with Crippen molar-refractivity contribution in [3.8, 4) is 5.75 Å². The van der Waals surface area contributed by atoms with Gasteiger partial charge in [-0.2, -0.15) is 0 Å². The lowest BCUT2D eigenvalue weighted by Crippen LogP contribution is -2.22. The maximum absolute atomic E-state index is 12.5. The largest absolute Gasteiger partial charge is 0.486 e. The first-order valence-electron chi connectivity index (χ1n) is 10.4. The van der Waals surface area contributed by atoms with Crippen molar-refractivity contribution < 1.29 is 14.3 Å². The van der Waals surface area contributed by atoms with Gasteiger partial charge in [0.25, 0.3) is 11.8 Å². The molecule has 7 nitrogen and oxygen atoms in total. The number of carbonyl (C=O) groups excluding carboxylic acids is 2. The van der Waals surface area contributed by atoms with Gasteiger partial charge in [0.05, 0.1) is 0 Å². The molecule has 0 atom stereocenters. The Bertz CT molecular complexity index is 1240. The Morgan fingerprint density at radius 2 is 1.65 bits per heavy atom. The third kappa shape index (κ3) is 6.43. The third-order valence-corrected chi connectivity index (χ3v) is 6.42. The van der Waals surface area contributed by atoms with Crippen LogP contribution < -0.4 is 15.4 Å². The molecule has 0 aliphatic rings. The normalized spacial score (nSPS) is 10.5. The Kier molecular flexibility index (Phi) is 7.90. The van der Waals surface area contributed by atoms with Crippen LogP contribution in [0, 0.1) is 0 Å². The fourth-order valence-electron chi connectivity index (χ4n) is 2.98. The lowest BCUT2D eigenvalue weighted by atomic mass is 10.1. The van der Waals surface area contributed by atoms with Crippen LogP contribution in [0.15, 0.2) is 83.8 Å². The van der Waals surface area contributed by atoms with E-state index in [9.17, 15) is 9.59 Å². The predicted molar refractivity (Wildman–Crippen MR) is 134 cm³/mol. The van der Waals surface area contributed by atoms with E-state index in [2.05, 4.69) is 20.8 Å². The Morgan fingerprint density at radius 1 is 0.912 bits per heavy atom. The predicted octanol–water partition coefficient (Wildman–Crippen LogP) is 5.02. The molecule has 4 aromatic rings. The van der Waals surface area contributed by atoms with Gasteiger partial charge in [-0.05, 0) is 60.4 Å². The molecule has 0 fully saturated rings. The standard InChI is InChI=1S/C25H22N4O3S2/c1-33-21-13-7-17(8-14-21)15-26-23(30)18-9-11-19(12-10-18)27-24(31)25-29-28-22(34-25)16-32-20-5-3-2-4-6-20/h2-14H,15-16H2,1H3,(H,26,30)(H,27,31). The molecule has 34 heavy (non-hydrogen) atoms. The van der Waals surface area contributed by atoms with E-state index in [0.29, 0.717) is 22.8 Å². The first kappa shape index (κ1) is 23.5. The molecule has 9 heteroatoms. The minimum Gasteiger partial charge on any atom is -0.486 e. The van der Waals surface area contributed by atoms with Gasteiger partial charge in [-0.15, -0.1) is 22.0 Å². The number of para-hydroxylation sites is 1. The Balaban J connectivity index is 1.27. The van der Waals surface area contributed by atoms with E-state index < -0.39 is 0 Å². The number of anilines is 1. The molecule has 3 aromatic carbocycles. The summed E-state index contributed by atoms with van der Waals surface area (Å²) >= 11 is 2.85. The number of thioether (sulfide) groups is 1. The van der Waals surface area contributed by atoms with E-state index in [0.717, 1.165) is 11.3 Å². The molecule has 0 spiro atoms. The van der Waals surface area contributed by atoms with Crippen LogP contribution in [-0.4, -0.2) is 28.3 Å². The molecule has 4 rings (SSSR count). The summed E-state index contributed by atoms with van der Waals surface area (Å²) in [5.74, 6) is 0.176. The van der Waals surface area contributed by atoms with Crippen molar-refractivity contribution in [3.05, 3.63) is 100 Å². The molecule has 0 bridgehead atoms. The molecular formula is C25H22N4O3S2. The Hall–Kier alpha value is -3.69. The molecular weight excluding hydrogens is 468 g/mol. The van der Waals surface area contributed by atoms with E-state index in [1.165, 1.54) is 16.2 Å². The Morgan fingerprint density at radius 3 is 2.35 bits per heavy atom. The zero-order valence-corrected chi connectivity index (χ0v) is 20.0. The second kappa shape index (κ2) is 11.4. The number of carbonyl (C=O) groups is 2. The zero-order valence-electron chi connectivity index (χ0n) is 18.4. The van der Waals surface area contributed by atoms with Gasteiger partial charge in [0.2, 0.25) is 5.01 Å². The molecule has 0 aliphatic carbocycles. The fraction of sp³-hybridized carbons (Fsp3) is 0.120. The van der Waals surface area contributed by atoms with Gasteiger partial charge in [0.15, 0.2) is 5.01 Å². The van der Waals surface area contributed by atoms with Crippen LogP contribution in [0.2, 0.25) is 0 Å². The third-order valence-electron chi connectivity index (χ3n) is 4.78. The van der Waals surface area contributed by atoms with Gasteiger partial charge in [0.1, 0.15) is 12.4 Å². The summed E-state index contributed by atoms with van der Waals surface area (Å²) in [6, 6.07) is 24.1. The van der Waals surface area contributed by atoms with Crippen molar-refractivity contribution in [2.45, 2.75) is 18.0 Å². The van der Waals surface area contributed by atoms with Crippen LogP contribution in [0.5, 0.6) is 5.75 Å². The highest BCUT2D eigenvalue weighted by molar-refractivity contribution is 7.98. The van der Waals surface area contributed by atoms with Gasteiger partial charge < -0.3 is 15.4 Å². The molecule has 0 aliphatic heterocycles. The highest BCUT2D eigenvalue weighted by Crippen LogP contribution is 2.18. The van der Waals surface area contributed by atoms with Crippen molar-refractivity contribution in [2.24, 2.45) is 0 Å². The second-order valence-corrected chi connectivity index (χ2v) is 9.11. The van der Waals surface area contributed by atoms with Gasteiger partial charge in [-0.1, -0.05) is 41.7 Å². The average molecular weight is 491 g/mol. The van der Waals surface area contributed by atoms with Gasteiger partial charge >= 0.3 is 0 Å². The number of amides is 2. The fourth-order valence-corrected chi connectivity index (χ4v) is 4.04. The van der Waals surface area contributed by atoms with E-state index in [4.69, 9.17) is 4.74 Å². The summed E-state index contributed by atoms with van der Waals surface area (Å²) in [6.07, 6.45) is 2.02. The molecule has 0 unspecified atom stereocenters. The monoisotopic (exact) mass is 490 g/mol. The molecule has 1 aromatic heterocycles. The van der Waals surface area contributed by atoms with Crippen LogP contribution in [-0.2, 0) is 13.2 Å². The molecule has 0 saturated heterocycles. The molecule has 172 valence electrons. The summed E-state index contributed by atoms with van der Waals surface area (Å²) in [7, 11) is 0. The number of nitrogens with zero attached hydrogens (tertiary/aromatic N) is 2. The summed E-state index contributed by atoms with van der Waals surface area (Å²) in [5.41, 5.74) is 2.10. The molecule has 0 saturated carbocycles. The summed E-state index contributed by atoms with van der Waals surface area (Å²) in [5, 5.41) is 14.5. The van der Waals surface area contributed by atoms with E-state index in [1.807, 2.05) is 60.9 Å². The molecule has 0 radical (unpaired) electrons. The summed E-state index contributed by atoms with van der Waals surface area (Å²) < 4.78 is 5.63. The number of benzene rings is 3. The minimum atomic E-state index is -0.366. The SMILES string of the molecule is CSc1ccc(CNC(=O)c2ccc(NC(=O)c3nnc(COc4ccccc4)s3)cc2)cc1. The van der Waals surface area contributed by atoms with Crippen LogP contribution >= 0.6 is 23.1 Å². The second-order valence-electron chi connectivity index (χ2n) is 7.16. The highest BCUT2D eigenvalue weighted by atomic mass is 32.2. The number of aromatic nitrogens is 2. The first-order chi connectivity index (χ1) is 16.6. The van der Waals surface area contributed by atoms with Crippen molar-refractivity contribution >= 4 is 40.6 Å². The van der Waals surface area contributed by atoms with Crippen molar-refractivity contribution in [1.29, 1.82) is 0 Å². The summed E-state index contributed by atoms with van der Waals surface area (Å²) in [4.78, 5) is 26.1. The molecule has 2 N–H and O–H groups in total. The van der Waals surface area contributed by atoms with Crippen LogP contribution in [0.1, 0.15) is 30.7 Å². The van der Waals surface area contributed by atoms with Gasteiger partial charge in [-0.3, -0.25) is 9.59 Å². The van der Waals surface area contributed by atoms with Crippen molar-refractivity contribution in [3.63, 3.8) is 0 Å². The topological polar surface area (TPSA) is 93.2 Å². The average Bonchev–Trinajstić information content (AvgIpc) is 3.37. The van der Waals surface area contributed by atoms with E-state index >= 15 is 0 Å². The number of nitrogens with one attached hydrogen (secondary N) is 2. The lowest BCUT2D eigenvalue weighted by Gasteiger charge is -2.07. The highest BCUT2D eigenvalue weighted by Gasteiger charge is 2.14. The van der Waals surface area contributed by atoms with Gasteiger partial charge in [-0.25, -0.2) is 0 Å². The van der Waals surface area contributed by atoms with E-state index in [-0.39, 0.29) is 23.4 Å². The van der Waals surface area contributed by atoms with Crippen molar-refractivity contribution in [2.75, 3.05) is 11.6 Å². The smallest absolute Gasteiger partial charge is 0.286 e. The maximum atomic E-state index is 12.5. The Labute approximate surface area is 205 Å². The maximum Gasteiger partial charge on any atom is 0.286 e. The van der Waals surface area contributed by atoms with Crippen LogP contribution in [0.25, 0.3) is 0 Å². The van der Waals surface area contributed by atoms with Crippen LogP contribution in [0.4, 0.5) is 5.69 Å². The number of hydrogen-bond donors (Lipinski definition) is 2. The zero-order chi connectivity index (χ0) is 23.8. The molecule has 2 amide bonds. The van der Waals surface area contributed by atoms with E-state index in [1.54, 1.807) is 36.0 Å².